The Hall–Kier alpha value is -1.82. The molecule has 0 radical (unpaired) electrons. The molecule has 2 N–H and O–H groups in total. The van der Waals surface area contributed by atoms with Crippen LogP contribution in [0.2, 0.25) is 0 Å². The molecule has 1 rings (SSSR count). The zero-order chi connectivity index (χ0) is 14.3. The van der Waals surface area contributed by atoms with Gasteiger partial charge < -0.3 is 14.8 Å². The fourth-order valence-corrected chi connectivity index (χ4v) is 1.82. The zero-order valence-electron chi connectivity index (χ0n) is 11.3. The Labute approximate surface area is 112 Å². The average molecular weight is 268 g/mol. The first-order valence-corrected chi connectivity index (χ1v) is 6.29. The van der Waals surface area contributed by atoms with Crippen LogP contribution in [0, 0.1) is 0 Å². The van der Waals surface area contributed by atoms with E-state index >= 15 is 0 Å². The molecular formula is C13H20N2O4. The molecule has 19 heavy (non-hydrogen) atoms. The molecule has 1 amide bonds. The third-order valence-corrected chi connectivity index (χ3v) is 2.61. The predicted molar refractivity (Wildman–Crippen MR) is 69.6 cm³/mol. The summed E-state index contributed by atoms with van der Waals surface area (Å²) in [5.74, 6) is -0.465. The van der Waals surface area contributed by atoms with Crippen LogP contribution in [0.25, 0.3) is 0 Å². The first kappa shape index (κ1) is 15.2. The van der Waals surface area contributed by atoms with E-state index in [9.17, 15) is 9.59 Å². The van der Waals surface area contributed by atoms with Crippen LogP contribution < -0.4 is 5.32 Å². The molecule has 1 atom stereocenters. The highest BCUT2D eigenvalue weighted by atomic mass is 16.4. The zero-order valence-corrected chi connectivity index (χ0v) is 11.3. The van der Waals surface area contributed by atoms with Gasteiger partial charge >= 0.3 is 5.97 Å². The molecular weight excluding hydrogens is 248 g/mol. The molecule has 1 heterocycles. The third-order valence-electron chi connectivity index (χ3n) is 2.61. The molecule has 0 aliphatic carbocycles. The molecule has 1 aromatic rings. The van der Waals surface area contributed by atoms with Gasteiger partial charge in [-0.1, -0.05) is 6.92 Å². The van der Waals surface area contributed by atoms with E-state index in [1.54, 1.807) is 23.3 Å². The Balaban J connectivity index is 2.45. The second-order valence-corrected chi connectivity index (χ2v) is 4.41. The second-order valence-electron chi connectivity index (χ2n) is 4.41. The highest BCUT2D eigenvalue weighted by Gasteiger charge is 2.16. The minimum Gasteiger partial charge on any atom is -0.480 e. The van der Waals surface area contributed by atoms with Crippen molar-refractivity contribution in [3.8, 4) is 0 Å². The lowest BCUT2D eigenvalue weighted by atomic mass is 10.2. The predicted octanol–water partition coefficient (Wildman–Crippen LogP) is 1.25. The van der Waals surface area contributed by atoms with E-state index in [0.717, 1.165) is 6.42 Å². The SMILES string of the molecule is CCCN(CC(=O)O)CC(=O)NC(C)c1ccco1. The number of carbonyl (C=O) groups excluding carboxylic acids is 1. The fraction of sp³-hybridized carbons (Fsp3) is 0.538. The maximum atomic E-state index is 11.8. The largest absolute Gasteiger partial charge is 0.480 e. The van der Waals surface area contributed by atoms with Crippen LogP contribution in [0.1, 0.15) is 32.1 Å². The van der Waals surface area contributed by atoms with Crippen LogP contribution in [0.5, 0.6) is 0 Å². The van der Waals surface area contributed by atoms with E-state index in [4.69, 9.17) is 9.52 Å². The summed E-state index contributed by atoms with van der Waals surface area (Å²) in [6.07, 6.45) is 2.35. The van der Waals surface area contributed by atoms with Crippen molar-refractivity contribution >= 4 is 11.9 Å². The Morgan fingerprint density at radius 2 is 2.21 bits per heavy atom. The van der Waals surface area contributed by atoms with Crippen LogP contribution in [-0.2, 0) is 9.59 Å². The summed E-state index contributed by atoms with van der Waals surface area (Å²) in [5.41, 5.74) is 0. The van der Waals surface area contributed by atoms with Gasteiger partial charge in [0.25, 0.3) is 0 Å². The van der Waals surface area contributed by atoms with E-state index in [1.165, 1.54) is 0 Å². The van der Waals surface area contributed by atoms with Crippen molar-refractivity contribution in [2.45, 2.75) is 26.3 Å². The highest BCUT2D eigenvalue weighted by Crippen LogP contribution is 2.11. The van der Waals surface area contributed by atoms with Crippen LogP contribution >= 0.6 is 0 Å². The lowest BCUT2D eigenvalue weighted by Gasteiger charge is -2.20. The van der Waals surface area contributed by atoms with E-state index in [2.05, 4.69) is 5.32 Å². The van der Waals surface area contributed by atoms with Crippen LogP contribution in [0.4, 0.5) is 0 Å². The van der Waals surface area contributed by atoms with Gasteiger partial charge in [0.05, 0.1) is 25.4 Å². The monoisotopic (exact) mass is 268 g/mol. The second kappa shape index (κ2) is 7.58. The van der Waals surface area contributed by atoms with Gasteiger partial charge in [0, 0.05) is 0 Å². The highest BCUT2D eigenvalue weighted by molar-refractivity contribution is 5.79. The van der Waals surface area contributed by atoms with Crippen LogP contribution in [-0.4, -0.2) is 41.5 Å². The standard InChI is InChI=1S/C13H20N2O4/c1-3-6-15(9-13(17)18)8-12(16)14-10(2)11-5-4-7-19-11/h4-5,7,10H,3,6,8-9H2,1-2H3,(H,14,16)(H,17,18). The van der Waals surface area contributed by atoms with Gasteiger partial charge in [0.15, 0.2) is 0 Å². The van der Waals surface area contributed by atoms with Crippen LogP contribution in [0.15, 0.2) is 22.8 Å². The molecule has 6 nitrogen and oxygen atoms in total. The number of carboxylic acid groups (broad SMARTS) is 1. The van der Waals surface area contributed by atoms with E-state index in [0.29, 0.717) is 12.3 Å². The number of nitrogens with zero attached hydrogens (tertiary/aromatic N) is 1. The van der Waals surface area contributed by atoms with Crippen LogP contribution in [0.3, 0.4) is 0 Å². The molecule has 0 fully saturated rings. The molecule has 0 saturated carbocycles. The molecule has 0 spiro atoms. The third kappa shape index (κ3) is 5.56. The number of amides is 1. The molecule has 0 aromatic carbocycles. The molecule has 1 unspecified atom stereocenters. The average Bonchev–Trinajstić information content (AvgIpc) is 2.81. The van der Waals surface area contributed by atoms with E-state index in [-0.39, 0.29) is 25.0 Å². The van der Waals surface area contributed by atoms with Crippen molar-refractivity contribution in [1.82, 2.24) is 10.2 Å². The van der Waals surface area contributed by atoms with Gasteiger partial charge in [0.1, 0.15) is 5.76 Å². The summed E-state index contributed by atoms with van der Waals surface area (Å²) < 4.78 is 5.19. The van der Waals surface area contributed by atoms with Gasteiger partial charge in [-0.3, -0.25) is 14.5 Å². The van der Waals surface area contributed by atoms with Gasteiger partial charge in [-0.2, -0.15) is 0 Å². The minimum absolute atomic E-state index is 0.0746. The summed E-state index contributed by atoms with van der Waals surface area (Å²) in [5, 5.41) is 11.5. The van der Waals surface area contributed by atoms with Gasteiger partial charge in [-0.05, 0) is 32.0 Å². The Kier molecular flexibility index (Phi) is 6.08. The summed E-state index contributed by atoms with van der Waals surface area (Å²) in [6, 6.07) is 3.31. The van der Waals surface area contributed by atoms with E-state index < -0.39 is 5.97 Å². The number of carboxylic acids is 1. The number of hydrogen-bond donors (Lipinski definition) is 2. The fourth-order valence-electron chi connectivity index (χ4n) is 1.82. The lowest BCUT2D eigenvalue weighted by molar-refractivity contribution is -0.138. The van der Waals surface area contributed by atoms with E-state index in [1.807, 2.05) is 13.8 Å². The van der Waals surface area contributed by atoms with Crippen molar-refractivity contribution in [2.24, 2.45) is 0 Å². The summed E-state index contributed by atoms with van der Waals surface area (Å²) in [4.78, 5) is 24.1. The maximum absolute atomic E-state index is 11.8. The van der Waals surface area contributed by atoms with Gasteiger partial charge in [0.2, 0.25) is 5.91 Å². The number of nitrogens with one attached hydrogen (secondary N) is 1. The Morgan fingerprint density at radius 1 is 1.47 bits per heavy atom. The first-order chi connectivity index (χ1) is 9.02. The van der Waals surface area contributed by atoms with Gasteiger partial charge in [-0.25, -0.2) is 0 Å². The normalized spacial score (nSPS) is 12.4. The molecule has 0 saturated heterocycles. The molecule has 6 heteroatoms. The van der Waals surface area contributed by atoms with Crippen molar-refractivity contribution in [2.75, 3.05) is 19.6 Å². The minimum atomic E-state index is -0.930. The Morgan fingerprint density at radius 3 is 2.74 bits per heavy atom. The number of carbonyl (C=O) groups is 2. The van der Waals surface area contributed by atoms with Gasteiger partial charge in [-0.15, -0.1) is 0 Å². The smallest absolute Gasteiger partial charge is 0.317 e. The molecule has 1 aromatic heterocycles. The number of hydrogen-bond acceptors (Lipinski definition) is 4. The molecule has 0 bridgehead atoms. The maximum Gasteiger partial charge on any atom is 0.317 e. The molecule has 0 aliphatic heterocycles. The summed E-state index contributed by atoms with van der Waals surface area (Å²) in [7, 11) is 0. The quantitative estimate of drug-likeness (QED) is 0.741. The molecule has 106 valence electrons. The summed E-state index contributed by atoms with van der Waals surface area (Å²) >= 11 is 0. The Bertz CT molecular complexity index is 403. The summed E-state index contributed by atoms with van der Waals surface area (Å²) in [6.45, 7) is 4.28. The van der Waals surface area contributed by atoms with Crippen molar-refractivity contribution in [3.05, 3.63) is 24.2 Å². The first-order valence-electron chi connectivity index (χ1n) is 6.29. The number of rotatable bonds is 8. The van der Waals surface area contributed by atoms with Crippen molar-refractivity contribution < 1.29 is 19.1 Å². The number of aliphatic carboxylic acids is 1. The van der Waals surface area contributed by atoms with Crippen molar-refractivity contribution in [1.29, 1.82) is 0 Å². The topological polar surface area (TPSA) is 82.8 Å². The lowest BCUT2D eigenvalue weighted by Crippen LogP contribution is -2.40. The number of furan rings is 1. The van der Waals surface area contributed by atoms with Crippen molar-refractivity contribution in [3.63, 3.8) is 0 Å². The molecule has 0 aliphatic rings.